The second kappa shape index (κ2) is 15.8. The summed E-state index contributed by atoms with van der Waals surface area (Å²) in [7, 11) is 3.10. The molecule has 4 aliphatic rings. The van der Waals surface area contributed by atoms with Gasteiger partial charge in [-0.2, -0.15) is 0 Å². The summed E-state index contributed by atoms with van der Waals surface area (Å²) in [5, 5.41) is 31.1. The molecule has 260 valence electrons. The minimum Gasteiger partial charge on any atom is -0.543 e. The number of β-lactam (4-membered cyclic amide) rings is 2. The van der Waals surface area contributed by atoms with Crippen LogP contribution in [0.1, 0.15) is 44.7 Å². The molecule has 0 unspecified atom stereocenters. The Morgan fingerprint density at radius 3 is 1.52 bits per heavy atom. The topological polar surface area (TPSA) is 192 Å². The number of ether oxygens (including phenoxy) is 4. The zero-order chi connectivity index (χ0) is 35.7. The summed E-state index contributed by atoms with van der Waals surface area (Å²) in [4.78, 5) is 62.1. The van der Waals surface area contributed by atoms with Crippen molar-refractivity contribution in [3.63, 3.8) is 0 Å². The number of aliphatic hydroxyl groups is 2. The maximum Gasteiger partial charge on any atom is 1.00 e. The smallest absolute Gasteiger partial charge is 0.543 e. The van der Waals surface area contributed by atoms with Crippen LogP contribution in [0.3, 0.4) is 0 Å². The Bertz CT molecular complexity index is 1720. The van der Waals surface area contributed by atoms with Crippen molar-refractivity contribution in [1.82, 2.24) is 9.80 Å². The van der Waals surface area contributed by atoms with Crippen molar-refractivity contribution in [3.05, 3.63) is 71.1 Å². The van der Waals surface area contributed by atoms with E-state index in [4.69, 9.17) is 14.2 Å². The van der Waals surface area contributed by atoms with Gasteiger partial charge in [-0.25, -0.2) is 4.79 Å². The molecule has 2 saturated heterocycles. The van der Waals surface area contributed by atoms with Crippen molar-refractivity contribution >= 4 is 40.9 Å². The first-order valence-corrected chi connectivity index (χ1v) is 15.6. The second-order valence-corrected chi connectivity index (χ2v) is 12.1. The monoisotopic (exact) mass is 700 g/mol. The molecule has 50 heavy (non-hydrogen) atoms. The SMILES string of the molecule is COc1ccc(C2=C(C(=O)OCOC(C)=O)N3C(=O)[C@H]([C@@H](C)O)[C@H]3C2)cc1.COc1ccc(C2=C(C(=O)[O-])N3C(=O)[C@H]([C@@H](C)O)[C@H]3C2)cc1.[Na+]. The minimum absolute atomic E-state index is 0. The predicted molar refractivity (Wildman–Crippen MR) is 168 cm³/mol. The Morgan fingerprint density at radius 2 is 1.16 bits per heavy atom. The molecular formula is C35H37N2NaO12. The third kappa shape index (κ3) is 7.16. The van der Waals surface area contributed by atoms with E-state index in [2.05, 4.69) is 4.74 Å². The van der Waals surface area contributed by atoms with Crippen LogP contribution in [0, 0.1) is 11.8 Å². The van der Waals surface area contributed by atoms with Crippen molar-refractivity contribution in [1.29, 1.82) is 0 Å². The van der Waals surface area contributed by atoms with Gasteiger partial charge in [0, 0.05) is 6.92 Å². The van der Waals surface area contributed by atoms with Crippen LogP contribution in [-0.4, -0.2) is 95.0 Å². The summed E-state index contributed by atoms with van der Waals surface area (Å²) in [6.07, 6.45) is -0.790. The van der Waals surface area contributed by atoms with E-state index in [9.17, 15) is 39.3 Å². The van der Waals surface area contributed by atoms with E-state index in [1.165, 1.54) is 16.7 Å². The quantitative estimate of drug-likeness (QED) is 0.118. The van der Waals surface area contributed by atoms with Gasteiger partial charge in [0.05, 0.1) is 62.0 Å². The van der Waals surface area contributed by atoms with Gasteiger partial charge in [-0.1, -0.05) is 24.3 Å². The molecule has 0 aliphatic carbocycles. The molecule has 0 radical (unpaired) electrons. The first-order chi connectivity index (χ1) is 23.3. The number of esters is 2. The number of rotatable bonds is 10. The second-order valence-electron chi connectivity index (χ2n) is 12.1. The Kier molecular flexibility index (Phi) is 12.2. The molecule has 14 nitrogen and oxygen atoms in total. The van der Waals surface area contributed by atoms with Crippen LogP contribution >= 0.6 is 0 Å². The molecule has 2 fully saturated rings. The molecule has 6 atom stereocenters. The fourth-order valence-corrected chi connectivity index (χ4v) is 6.85. The van der Waals surface area contributed by atoms with Crippen LogP contribution in [-0.2, 0) is 33.4 Å². The standard InChI is InChI=1S/C19H21NO7.C16H17NO5.Na/c1-10(21)16-15-8-14(12-4-6-13(25-3)7-5-12)17(20(15)18(16)23)19(24)27-9-26-11(2)22;1-8(18)13-12-7-11(9-3-5-10(22-2)6-4-9)14(16(20)21)17(12)15(13)19;/h4-7,10,15-16,21H,8-9H2,1-3H3;3-6,8,12-13,18H,7H2,1-2H3,(H,20,21);/q;;+1/p-1/t10-,15-,16-;8-,12-,13-;/m11./s1. The normalized spacial score (nSPS) is 22.9. The van der Waals surface area contributed by atoms with Gasteiger partial charge in [0.2, 0.25) is 18.6 Å². The van der Waals surface area contributed by atoms with Gasteiger partial charge in [0.25, 0.3) is 0 Å². The Balaban J connectivity index is 0.000000225. The van der Waals surface area contributed by atoms with Crippen molar-refractivity contribution in [2.24, 2.45) is 11.8 Å². The van der Waals surface area contributed by atoms with E-state index in [1.54, 1.807) is 76.6 Å². The van der Waals surface area contributed by atoms with E-state index in [-0.39, 0.29) is 64.8 Å². The number of hydrogen-bond acceptors (Lipinski definition) is 12. The minimum atomic E-state index is -1.37. The Hall–Kier alpha value is -4.21. The summed E-state index contributed by atoms with van der Waals surface area (Å²) in [6.45, 7) is 3.78. The average Bonchev–Trinajstić information content (AvgIpc) is 3.58. The number of carboxylic acid groups (broad SMARTS) is 1. The van der Waals surface area contributed by atoms with Crippen LogP contribution in [0.4, 0.5) is 0 Å². The van der Waals surface area contributed by atoms with Gasteiger partial charge in [0.15, 0.2) is 0 Å². The number of carbonyl (C=O) groups excluding carboxylic acids is 5. The largest absolute Gasteiger partial charge is 1.00 e. The summed E-state index contributed by atoms with van der Waals surface area (Å²) < 4.78 is 19.9. The van der Waals surface area contributed by atoms with E-state index < -0.39 is 48.7 Å². The van der Waals surface area contributed by atoms with Crippen LogP contribution in [0.5, 0.6) is 11.5 Å². The van der Waals surface area contributed by atoms with Crippen LogP contribution in [0.2, 0.25) is 0 Å². The Labute approximate surface area is 310 Å². The predicted octanol–water partition coefficient (Wildman–Crippen LogP) is -2.15. The maximum absolute atomic E-state index is 12.6. The molecule has 2 aromatic carbocycles. The molecule has 15 heteroatoms. The van der Waals surface area contributed by atoms with Crippen molar-refractivity contribution in [3.8, 4) is 11.5 Å². The first kappa shape index (κ1) is 38.6. The molecule has 0 bridgehead atoms. The molecule has 0 aromatic heterocycles. The number of aliphatic hydroxyl groups excluding tert-OH is 2. The van der Waals surface area contributed by atoms with Gasteiger partial charge in [-0.15, -0.1) is 0 Å². The molecule has 2 amide bonds. The molecular weight excluding hydrogens is 663 g/mol. The van der Waals surface area contributed by atoms with Crippen molar-refractivity contribution in [2.75, 3.05) is 21.0 Å². The van der Waals surface area contributed by atoms with Crippen LogP contribution in [0.25, 0.3) is 11.1 Å². The van der Waals surface area contributed by atoms with Gasteiger partial charge in [0.1, 0.15) is 17.2 Å². The summed E-state index contributed by atoms with van der Waals surface area (Å²) in [6, 6.07) is 13.5. The van der Waals surface area contributed by atoms with Gasteiger partial charge < -0.3 is 48.9 Å². The van der Waals surface area contributed by atoms with E-state index in [0.717, 1.165) is 5.56 Å². The number of amides is 2. The third-order valence-corrected chi connectivity index (χ3v) is 9.17. The zero-order valence-corrected chi connectivity index (χ0v) is 30.6. The summed E-state index contributed by atoms with van der Waals surface area (Å²) in [5.41, 5.74) is 2.71. The zero-order valence-electron chi connectivity index (χ0n) is 28.6. The number of fused-ring (bicyclic) bond motifs is 2. The number of carboxylic acids is 1. The Morgan fingerprint density at radius 1 is 0.760 bits per heavy atom. The van der Waals surface area contributed by atoms with Crippen molar-refractivity contribution < 1.29 is 87.8 Å². The summed E-state index contributed by atoms with van der Waals surface area (Å²) >= 11 is 0. The third-order valence-electron chi connectivity index (χ3n) is 9.17. The molecule has 0 saturated carbocycles. The molecule has 2 N–H and O–H groups in total. The fraction of sp³-hybridized carbons (Fsp3) is 0.400. The summed E-state index contributed by atoms with van der Waals surface area (Å²) in [5.74, 6) is -3.16. The number of methoxy groups -OCH3 is 2. The van der Waals surface area contributed by atoms with Gasteiger partial charge >= 0.3 is 41.5 Å². The van der Waals surface area contributed by atoms with Gasteiger partial charge in [-0.05, 0) is 73.2 Å². The average molecular weight is 701 g/mol. The molecule has 6 rings (SSSR count). The van der Waals surface area contributed by atoms with Crippen LogP contribution in [0.15, 0.2) is 59.9 Å². The number of aliphatic carboxylic acids is 1. The maximum atomic E-state index is 12.6. The number of nitrogens with zero attached hydrogens (tertiary/aromatic N) is 2. The molecule has 0 spiro atoms. The van der Waals surface area contributed by atoms with Gasteiger partial charge in [-0.3, -0.25) is 14.4 Å². The molecule has 4 aliphatic heterocycles. The number of benzene rings is 2. The molecule has 4 heterocycles. The van der Waals surface area contributed by atoms with Crippen molar-refractivity contribution in [2.45, 2.75) is 57.9 Å². The number of hydrogen-bond donors (Lipinski definition) is 2. The van der Waals surface area contributed by atoms with Crippen LogP contribution < -0.4 is 44.1 Å². The van der Waals surface area contributed by atoms with E-state index in [0.29, 0.717) is 41.1 Å². The number of carbonyl (C=O) groups is 5. The fourth-order valence-electron chi connectivity index (χ4n) is 6.85. The van der Waals surface area contributed by atoms with E-state index in [1.807, 2.05) is 0 Å². The molecule has 2 aromatic rings. The first-order valence-electron chi connectivity index (χ1n) is 15.6. The van der Waals surface area contributed by atoms with E-state index >= 15 is 0 Å².